The average molecular weight is 368 g/mol. The minimum atomic E-state index is 0. The molecule has 0 aliphatic rings. The number of nitrogens with zero attached hydrogens (tertiary/aromatic N) is 1. The third-order valence-electron chi connectivity index (χ3n) is 2.30. The molecule has 18 heavy (non-hydrogen) atoms. The molecule has 0 rings (SSSR count). The van der Waals surface area contributed by atoms with Crippen LogP contribution in [0.2, 0.25) is 0 Å². The first-order valence-corrected chi connectivity index (χ1v) is 5.98. The largest absolute Gasteiger partial charge is 0.356 e. The van der Waals surface area contributed by atoms with E-state index in [1.807, 2.05) is 13.8 Å². The number of hydrogen-bond acceptors (Lipinski definition) is 2. The summed E-state index contributed by atoms with van der Waals surface area (Å²) in [6, 6.07) is 0.237. The number of amides is 1. The molecule has 0 aromatic rings. The van der Waals surface area contributed by atoms with E-state index in [0.717, 1.165) is 6.42 Å². The Morgan fingerprint density at radius 1 is 1.44 bits per heavy atom. The van der Waals surface area contributed by atoms with E-state index in [4.69, 9.17) is 0 Å². The number of carbonyl (C=O) groups excluding carboxylic acids is 1. The fraction of sp³-hybridized carbons (Fsp3) is 0.667. The molecule has 0 saturated carbocycles. The third-order valence-corrected chi connectivity index (χ3v) is 2.30. The molecule has 0 aliphatic carbocycles. The van der Waals surface area contributed by atoms with Gasteiger partial charge in [-0.1, -0.05) is 13.0 Å². The van der Waals surface area contributed by atoms with Crippen molar-refractivity contribution in [3.05, 3.63) is 12.7 Å². The van der Waals surface area contributed by atoms with Crippen LogP contribution in [0.5, 0.6) is 0 Å². The van der Waals surface area contributed by atoms with Gasteiger partial charge in [0.2, 0.25) is 5.91 Å². The monoisotopic (exact) mass is 368 g/mol. The molecular weight excluding hydrogens is 343 g/mol. The van der Waals surface area contributed by atoms with Gasteiger partial charge in [0.05, 0.1) is 0 Å². The second kappa shape index (κ2) is 12.7. The van der Waals surface area contributed by atoms with E-state index < -0.39 is 0 Å². The Labute approximate surface area is 127 Å². The van der Waals surface area contributed by atoms with Gasteiger partial charge >= 0.3 is 0 Å². The zero-order chi connectivity index (χ0) is 13.1. The lowest BCUT2D eigenvalue weighted by molar-refractivity contribution is -0.121. The highest BCUT2D eigenvalue weighted by molar-refractivity contribution is 14.0. The van der Waals surface area contributed by atoms with Crippen LogP contribution in [-0.4, -0.2) is 38.0 Å². The summed E-state index contributed by atoms with van der Waals surface area (Å²) in [6.07, 6.45) is 3.14. The molecule has 1 amide bonds. The van der Waals surface area contributed by atoms with Crippen LogP contribution < -0.4 is 16.0 Å². The van der Waals surface area contributed by atoms with Crippen LogP contribution in [-0.2, 0) is 4.79 Å². The van der Waals surface area contributed by atoms with Crippen molar-refractivity contribution in [1.29, 1.82) is 0 Å². The highest BCUT2D eigenvalue weighted by atomic mass is 127. The second-order valence-corrected chi connectivity index (χ2v) is 3.80. The Kier molecular flexibility index (Phi) is 13.7. The molecule has 0 radical (unpaired) electrons. The van der Waals surface area contributed by atoms with Gasteiger partial charge in [-0.05, 0) is 13.3 Å². The summed E-state index contributed by atoms with van der Waals surface area (Å²) in [5.41, 5.74) is 0. The Hall–Kier alpha value is -0.790. The molecule has 0 bridgehead atoms. The highest BCUT2D eigenvalue weighted by Gasteiger charge is 2.05. The molecule has 3 N–H and O–H groups in total. The summed E-state index contributed by atoms with van der Waals surface area (Å²) in [4.78, 5) is 15.5. The Morgan fingerprint density at radius 2 is 2.11 bits per heavy atom. The number of aliphatic imine (C=N–C) groups is 1. The van der Waals surface area contributed by atoms with Gasteiger partial charge in [-0.15, -0.1) is 30.6 Å². The molecular formula is C12H25IN4O. The Morgan fingerprint density at radius 3 is 2.61 bits per heavy atom. The maximum atomic E-state index is 11.5. The zero-order valence-electron chi connectivity index (χ0n) is 11.5. The van der Waals surface area contributed by atoms with Crippen LogP contribution in [0.25, 0.3) is 0 Å². The van der Waals surface area contributed by atoms with E-state index >= 15 is 0 Å². The first-order chi connectivity index (χ1) is 8.13. The van der Waals surface area contributed by atoms with Gasteiger partial charge in [0.25, 0.3) is 0 Å². The molecule has 0 spiro atoms. The molecule has 0 aromatic carbocycles. The normalized spacial score (nSPS) is 12.1. The first kappa shape index (κ1) is 19.5. The summed E-state index contributed by atoms with van der Waals surface area (Å²) < 4.78 is 0. The smallest absolute Gasteiger partial charge is 0.221 e. The van der Waals surface area contributed by atoms with Crippen LogP contribution in [0.15, 0.2) is 17.6 Å². The minimum absolute atomic E-state index is 0. The van der Waals surface area contributed by atoms with Crippen LogP contribution in [0.3, 0.4) is 0 Å². The third kappa shape index (κ3) is 10.4. The number of carbonyl (C=O) groups is 1. The summed E-state index contributed by atoms with van der Waals surface area (Å²) >= 11 is 0. The fourth-order valence-electron chi connectivity index (χ4n) is 1.13. The molecule has 1 unspecified atom stereocenters. The van der Waals surface area contributed by atoms with E-state index in [0.29, 0.717) is 25.5 Å². The summed E-state index contributed by atoms with van der Waals surface area (Å²) in [7, 11) is 1.69. The molecule has 1 atom stereocenters. The van der Waals surface area contributed by atoms with Gasteiger partial charge in [0.1, 0.15) is 0 Å². The van der Waals surface area contributed by atoms with Crippen molar-refractivity contribution in [2.45, 2.75) is 32.7 Å². The van der Waals surface area contributed by atoms with Crippen LogP contribution in [0.1, 0.15) is 26.7 Å². The van der Waals surface area contributed by atoms with E-state index in [-0.39, 0.29) is 35.9 Å². The zero-order valence-corrected chi connectivity index (χ0v) is 13.8. The van der Waals surface area contributed by atoms with Crippen molar-refractivity contribution < 1.29 is 4.79 Å². The van der Waals surface area contributed by atoms with Gasteiger partial charge in [-0.3, -0.25) is 9.79 Å². The molecule has 106 valence electrons. The lowest BCUT2D eigenvalue weighted by atomic mass is 10.2. The quantitative estimate of drug-likeness (QED) is 0.274. The van der Waals surface area contributed by atoms with Crippen LogP contribution in [0.4, 0.5) is 0 Å². The SMILES string of the molecule is C=CCNC(=NC)NCCC(=O)NC(C)CC.I. The topological polar surface area (TPSA) is 65.5 Å². The molecule has 0 aliphatic heterocycles. The van der Waals surface area contributed by atoms with Gasteiger partial charge < -0.3 is 16.0 Å². The maximum absolute atomic E-state index is 11.5. The summed E-state index contributed by atoms with van der Waals surface area (Å²) in [6.45, 7) is 8.87. The van der Waals surface area contributed by atoms with Gasteiger partial charge in [-0.2, -0.15) is 0 Å². The Balaban J connectivity index is 0. The lowest BCUT2D eigenvalue weighted by Crippen LogP contribution is -2.40. The number of hydrogen-bond donors (Lipinski definition) is 3. The van der Waals surface area contributed by atoms with Crippen LogP contribution in [0, 0.1) is 0 Å². The number of nitrogens with one attached hydrogen (secondary N) is 3. The van der Waals surface area contributed by atoms with Gasteiger partial charge in [-0.25, -0.2) is 0 Å². The fourth-order valence-corrected chi connectivity index (χ4v) is 1.13. The predicted octanol–water partition coefficient (Wildman–Crippen LogP) is 1.26. The molecule has 0 fully saturated rings. The Bertz CT molecular complexity index is 269. The summed E-state index contributed by atoms with van der Waals surface area (Å²) in [5.74, 6) is 0.743. The van der Waals surface area contributed by atoms with Gasteiger partial charge in [0.15, 0.2) is 5.96 Å². The van der Waals surface area contributed by atoms with E-state index in [2.05, 4.69) is 27.5 Å². The predicted molar refractivity (Wildman–Crippen MR) is 87.5 cm³/mol. The number of guanidine groups is 1. The molecule has 0 aromatic heterocycles. The maximum Gasteiger partial charge on any atom is 0.221 e. The molecule has 5 nitrogen and oxygen atoms in total. The second-order valence-electron chi connectivity index (χ2n) is 3.80. The van der Waals surface area contributed by atoms with Crippen molar-refractivity contribution >= 4 is 35.8 Å². The van der Waals surface area contributed by atoms with Crippen molar-refractivity contribution in [2.75, 3.05) is 20.1 Å². The van der Waals surface area contributed by atoms with E-state index in [1.54, 1.807) is 13.1 Å². The summed E-state index contributed by atoms with van der Waals surface area (Å²) in [5, 5.41) is 9.00. The van der Waals surface area contributed by atoms with Crippen LogP contribution >= 0.6 is 24.0 Å². The first-order valence-electron chi connectivity index (χ1n) is 5.98. The van der Waals surface area contributed by atoms with E-state index in [9.17, 15) is 4.79 Å². The van der Waals surface area contributed by atoms with Crippen molar-refractivity contribution in [1.82, 2.24) is 16.0 Å². The number of halogens is 1. The highest BCUT2D eigenvalue weighted by Crippen LogP contribution is 1.88. The minimum Gasteiger partial charge on any atom is -0.356 e. The van der Waals surface area contributed by atoms with Crippen molar-refractivity contribution in [3.63, 3.8) is 0 Å². The average Bonchev–Trinajstić information content (AvgIpc) is 2.33. The standard InChI is InChI=1S/C12H24N4O.HI/c1-5-8-14-12(13-4)15-9-7-11(17)16-10(3)6-2;/h5,10H,1,6-9H2,2-4H3,(H,16,17)(H2,13,14,15);1H. The van der Waals surface area contributed by atoms with Crippen molar-refractivity contribution in [2.24, 2.45) is 4.99 Å². The molecule has 0 saturated heterocycles. The molecule has 6 heteroatoms. The van der Waals surface area contributed by atoms with Gasteiger partial charge in [0, 0.05) is 32.6 Å². The molecule has 0 heterocycles. The number of rotatable bonds is 7. The lowest BCUT2D eigenvalue weighted by Gasteiger charge is -2.13. The van der Waals surface area contributed by atoms with Crippen molar-refractivity contribution in [3.8, 4) is 0 Å². The van der Waals surface area contributed by atoms with E-state index in [1.165, 1.54) is 0 Å².